The van der Waals surface area contributed by atoms with E-state index < -0.39 is 5.97 Å². The van der Waals surface area contributed by atoms with Crippen LogP contribution in [0.2, 0.25) is 0 Å². The Bertz CT molecular complexity index is 969. The lowest BCUT2D eigenvalue weighted by Gasteiger charge is -2.12. The van der Waals surface area contributed by atoms with Crippen LogP contribution in [-0.2, 0) is 4.74 Å². The minimum Gasteiger partial charge on any atom is -0.465 e. The van der Waals surface area contributed by atoms with Gasteiger partial charge in [-0.1, -0.05) is 20.4 Å². The molecule has 3 aromatic rings. The number of rotatable bonds is 4. The fourth-order valence-electron chi connectivity index (χ4n) is 2.40. The molecule has 0 aliphatic rings. The first-order valence-corrected chi connectivity index (χ1v) is 8.56. The summed E-state index contributed by atoms with van der Waals surface area (Å²) in [7, 11) is 1.32. The normalized spacial score (nSPS) is 9.96. The summed E-state index contributed by atoms with van der Waals surface area (Å²) in [4.78, 5) is 20.9. The minimum atomic E-state index is -0.444. The predicted molar refractivity (Wildman–Crippen MR) is 106 cm³/mol. The van der Waals surface area contributed by atoms with E-state index in [-0.39, 0.29) is 5.82 Å². The zero-order valence-electron chi connectivity index (χ0n) is 15.8. The number of allylic oxidation sites excluding steroid dienone is 1. The molecule has 1 aromatic heterocycles. The molecule has 6 heteroatoms. The van der Waals surface area contributed by atoms with E-state index >= 15 is 0 Å². The summed E-state index contributed by atoms with van der Waals surface area (Å²) in [6, 6.07) is 11.0. The molecule has 0 unspecified atom stereocenters. The third-order valence-electron chi connectivity index (χ3n) is 3.53. The predicted octanol–water partition coefficient (Wildman–Crippen LogP) is 5.19. The van der Waals surface area contributed by atoms with Crippen molar-refractivity contribution in [2.24, 2.45) is 0 Å². The maximum absolute atomic E-state index is 13.2. The Labute approximate surface area is 157 Å². The fourth-order valence-corrected chi connectivity index (χ4v) is 2.40. The first-order valence-electron chi connectivity index (χ1n) is 8.56. The first-order chi connectivity index (χ1) is 13.0. The van der Waals surface area contributed by atoms with Crippen LogP contribution >= 0.6 is 0 Å². The summed E-state index contributed by atoms with van der Waals surface area (Å²) in [5, 5.41) is 3.06. The van der Waals surface area contributed by atoms with Crippen LogP contribution in [0.3, 0.4) is 0 Å². The number of anilines is 1. The summed E-state index contributed by atoms with van der Waals surface area (Å²) >= 11 is 0. The molecule has 0 aliphatic heterocycles. The molecular formula is C21H22FN3O2. The number of benzene rings is 2. The molecule has 1 N–H and O–H groups in total. The molecule has 140 valence electrons. The van der Waals surface area contributed by atoms with Crippen molar-refractivity contribution in [3.05, 3.63) is 66.1 Å². The average Bonchev–Trinajstić information content (AvgIpc) is 2.68. The van der Waals surface area contributed by atoms with E-state index in [9.17, 15) is 9.18 Å². The fraction of sp³-hybridized carbons (Fsp3) is 0.190. The van der Waals surface area contributed by atoms with Gasteiger partial charge in [0.1, 0.15) is 11.5 Å². The van der Waals surface area contributed by atoms with Gasteiger partial charge < -0.3 is 10.1 Å². The highest BCUT2D eigenvalue weighted by molar-refractivity contribution is 5.94. The van der Waals surface area contributed by atoms with E-state index in [0.29, 0.717) is 33.8 Å². The SMILES string of the molecule is C=C(C)Nc1nc2cc(C(=O)OC)ccc2nc1-c1ccc(F)cc1.CC. The van der Waals surface area contributed by atoms with E-state index in [4.69, 9.17) is 4.74 Å². The molecule has 0 saturated carbocycles. The second kappa shape index (κ2) is 8.89. The number of esters is 1. The maximum atomic E-state index is 13.2. The van der Waals surface area contributed by atoms with Crippen LogP contribution in [0, 0.1) is 5.82 Å². The quantitative estimate of drug-likeness (QED) is 0.643. The maximum Gasteiger partial charge on any atom is 0.337 e. The molecule has 1 heterocycles. The summed E-state index contributed by atoms with van der Waals surface area (Å²) in [5.74, 6) is -0.288. The molecular weight excluding hydrogens is 345 g/mol. The van der Waals surface area contributed by atoms with Gasteiger partial charge in [-0.3, -0.25) is 0 Å². The van der Waals surface area contributed by atoms with Crippen LogP contribution in [0.25, 0.3) is 22.3 Å². The van der Waals surface area contributed by atoms with Crippen LogP contribution in [0.5, 0.6) is 0 Å². The molecule has 3 rings (SSSR count). The van der Waals surface area contributed by atoms with Gasteiger partial charge in [0.15, 0.2) is 5.82 Å². The van der Waals surface area contributed by atoms with Crippen LogP contribution in [0.15, 0.2) is 54.7 Å². The Kier molecular flexibility index (Phi) is 6.60. The lowest BCUT2D eigenvalue weighted by molar-refractivity contribution is 0.0601. The summed E-state index contributed by atoms with van der Waals surface area (Å²) in [6.07, 6.45) is 0. The van der Waals surface area contributed by atoms with Crippen molar-refractivity contribution in [1.29, 1.82) is 0 Å². The monoisotopic (exact) mass is 367 g/mol. The number of aromatic nitrogens is 2. The van der Waals surface area contributed by atoms with Crippen molar-refractivity contribution in [3.8, 4) is 11.3 Å². The number of fused-ring (bicyclic) bond motifs is 1. The van der Waals surface area contributed by atoms with Crippen molar-refractivity contribution >= 4 is 22.8 Å². The van der Waals surface area contributed by atoms with Crippen molar-refractivity contribution in [2.45, 2.75) is 20.8 Å². The van der Waals surface area contributed by atoms with Gasteiger partial charge in [0.2, 0.25) is 0 Å². The lowest BCUT2D eigenvalue weighted by atomic mass is 10.1. The van der Waals surface area contributed by atoms with Gasteiger partial charge in [-0.2, -0.15) is 0 Å². The minimum absolute atomic E-state index is 0.324. The molecule has 0 spiro atoms. The lowest BCUT2D eigenvalue weighted by Crippen LogP contribution is -2.04. The van der Waals surface area contributed by atoms with Crippen LogP contribution in [-0.4, -0.2) is 23.0 Å². The summed E-state index contributed by atoms with van der Waals surface area (Å²) in [6.45, 7) is 9.62. The van der Waals surface area contributed by atoms with E-state index in [1.807, 2.05) is 13.8 Å². The van der Waals surface area contributed by atoms with E-state index in [1.54, 1.807) is 37.3 Å². The van der Waals surface area contributed by atoms with Gasteiger partial charge in [0.25, 0.3) is 0 Å². The Morgan fingerprint density at radius 2 is 1.74 bits per heavy atom. The zero-order chi connectivity index (χ0) is 20.0. The molecule has 0 amide bonds. The number of ether oxygens (including phenoxy) is 1. The molecule has 0 aliphatic carbocycles. The molecule has 0 atom stereocenters. The number of carbonyl (C=O) groups is 1. The molecule has 27 heavy (non-hydrogen) atoms. The number of nitrogens with zero attached hydrogens (tertiary/aromatic N) is 2. The Hall–Kier alpha value is -3.28. The van der Waals surface area contributed by atoms with Gasteiger partial charge >= 0.3 is 5.97 Å². The second-order valence-corrected chi connectivity index (χ2v) is 5.53. The Morgan fingerprint density at radius 3 is 2.33 bits per heavy atom. The van der Waals surface area contributed by atoms with E-state index in [2.05, 4.69) is 21.9 Å². The second-order valence-electron chi connectivity index (χ2n) is 5.53. The highest BCUT2D eigenvalue weighted by atomic mass is 19.1. The van der Waals surface area contributed by atoms with Crippen molar-refractivity contribution < 1.29 is 13.9 Å². The number of carbonyl (C=O) groups excluding carboxylic acids is 1. The van der Waals surface area contributed by atoms with Crippen LogP contribution in [0.4, 0.5) is 10.2 Å². The first kappa shape index (κ1) is 20.0. The third-order valence-corrected chi connectivity index (χ3v) is 3.53. The number of hydrogen-bond acceptors (Lipinski definition) is 5. The molecule has 2 aromatic carbocycles. The molecule has 0 saturated heterocycles. The third kappa shape index (κ3) is 4.67. The highest BCUT2D eigenvalue weighted by Crippen LogP contribution is 2.28. The number of halogens is 1. The molecule has 5 nitrogen and oxygen atoms in total. The molecule has 0 bridgehead atoms. The summed E-state index contributed by atoms with van der Waals surface area (Å²) < 4.78 is 17.9. The van der Waals surface area contributed by atoms with Gasteiger partial charge in [-0.05, 0) is 49.4 Å². The van der Waals surface area contributed by atoms with Crippen molar-refractivity contribution in [3.63, 3.8) is 0 Å². The standard InChI is InChI=1S/C19H16FN3O2.C2H6/c1-11(2)21-18-17(12-4-7-14(20)8-5-12)22-15-9-6-13(19(24)25-3)10-16(15)23-18;1-2/h4-10H,1H2,2-3H3,(H,21,23);1-2H3. The smallest absolute Gasteiger partial charge is 0.337 e. The van der Waals surface area contributed by atoms with Crippen molar-refractivity contribution in [1.82, 2.24) is 9.97 Å². The van der Waals surface area contributed by atoms with Gasteiger partial charge in [0, 0.05) is 11.3 Å². The largest absolute Gasteiger partial charge is 0.465 e. The number of nitrogens with one attached hydrogen (secondary N) is 1. The van der Waals surface area contributed by atoms with Gasteiger partial charge in [0.05, 0.1) is 23.7 Å². The van der Waals surface area contributed by atoms with E-state index in [0.717, 1.165) is 5.56 Å². The number of hydrogen-bond donors (Lipinski definition) is 1. The van der Waals surface area contributed by atoms with Gasteiger partial charge in [-0.25, -0.2) is 19.2 Å². The van der Waals surface area contributed by atoms with Crippen molar-refractivity contribution in [2.75, 3.05) is 12.4 Å². The molecule has 0 radical (unpaired) electrons. The van der Waals surface area contributed by atoms with Crippen LogP contribution in [0.1, 0.15) is 31.1 Å². The van der Waals surface area contributed by atoms with Gasteiger partial charge in [-0.15, -0.1) is 0 Å². The van der Waals surface area contributed by atoms with Crippen LogP contribution < -0.4 is 5.32 Å². The highest BCUT2D eigenvalue weighted by Gasteiger charge is 2.13. The number of methoxy groups -OCH3 is 1. The average molecular weight is 367 g/mol. The Balaban J connectivity index is 0.00000126. The summed E-state index contributed by atoms with van der Waals surface area (Å²) in [5.41, 5.74) is 3.51. The van der Waals surface area contributed by atoms with E-state index in [1.165, 1.54) is 19.2 Å². The zero-order valence-corrected chi connectivity index (χ0v) is 15.8. The molecule has 0 fully saturated rings. The topological polar surface area (TPSA) is 64.1 Å². The Morgan fingerprint density at radius 1 is 1.07 bits per heavy atom.